The molecule has 0 saturated carbocycles. The average molecular weight is 489 g/mol. The minimum absolute atomic E-state index is 0.154. The number of nitrogens with two attached hydrogens (primary N) is 2. The molecule has 10 N–H and O–H groups in total. The highest BCUT2D eigenvalue weighted by Gasteiger charge is 2.29. The summed E-state index contributed by atoms with van der Waals surface area (Å²) in [5.41, 5.74) is 11.0. The molecule has 4 amide bonds. The molecule has 194 valence electrons. The third-order valence-electron chi connectivity index (χ3n) is 4.75. The van der Waals surface area contributed by atoms with Gasteiger partial charge in [-0.15, -0.1) is 0 Å². The maximum Gasteiger partial charge on any atom is 0.325 e. The Kier molecular flexibility index (Phi) is 14.1. The molecule has 14 heteroatoms. The van der Waals surface area contributed by atoms with Crippen LogP contribution >= 0.6 is 0 Å². The number of carboxylic acid groups (broad SMARTS) is 2. The molecule has 0 aromatic rings. The summed E-state index contributed by atoms with van der Waals surface area (Å²) in [6.45, 7) is 4.35. The second-order valence-electron chi connectivity index (χ2n) is 7.93. The first kappa shape index (κ1) is 30.7. The predicted molar refractivity (Wildman–Crippen MR) is 120 cm³/mol. The normalized spacial score (nSPS) is 15.1. The maximum absolute atomic E-state index is 12.8. The van der Waals surface area contributed by atoms with Gasteiger partial charge in [0.15, 0.2) is 0 Å². The minimum atomic E-state index is -1.25. The number of carboxylic acids is 2. The lowest BCUT2D eigenvalue weighted by atomic mass is 10.1. The van der Waals surface area contributed by atoms with Crippen molar-refractivity contribution in [2.75, 3.05) is 6.54 Å². The van der Waals surface area contributed by atoms with Gasteiger partial charge in [-0.25, -0.2) is 0 Å². The molecule has 0 saturated heterocycles. The summed E-state index contributed by atoms with van der Waals surface area (Å²) in [6, 6.07) is -5.60. The SMILES string of the molecule is C[C@H](N)C(=O)N[C@H](CCC(=O)O)C(=O)N[C@@H](CCCCN)C(=O)N[C@H](C)C(=O)N[C@H](C)C(=O)O. The Labute approximate surface area is 197 Å². The Morgan fingerprint density at radius 2 is 1.21 bits per heavy atom. The molecule has 0 radical (unpaired) electrons. The van der Waals surface area contributed by atoms with Crippen molar-refractivity contribution in [3.05, 3.63) is 0 Å². The highest BCUT2D eigenvalue weighted by molar-refractivity contribution is 5.95. The van der Waals surface area contributed by atoms with Gasteiger partial charge in [-0.1, -0.05) is 0 Å². The van der Waals surface area contributed by atoms with Crippen molar-refractivity contribution >= 4 is 35.6 Å². The molecule has 0 bridgehead atoms. The van der Waals surface area contributed by atoms with Crippen LogP contribution in [0.5, 0.6) is 0 Å². The number of carbonyl (C=O) groups is 6. The van der Waals surface area contributed by atoms with E-state index >= 15 is 0 Å². The number of carbonyl (C=O) groups excluding carboxylic acids is 4. The van der Waals surface area contributed by atoms with Crippen LogP contribution in [0.15, 0.2) is 0 Å². The number of rotatable bonds is 16. The van der Waals surface area contributed by atoms with Crippen LogP contribution in [0.3, 0.4) is 0 Å². The Bertz CT molecular complexity index is 745. The van der Waals surface area contributed by atoms with Crippen molar-refractivity contribution in [3.8, 4) is 0 Å². The molecule has 0 rings (SSSR count). The van der Waals surface area contributed by atoms with E-state index in [0.717, 1.165) is 0 Å². The lowest BCUT2D eigenvalue weighted by Crippen LogP contribution is -2.57. The molecule has 34 heavy (non-hydrogen) atoms. The zero-order valence-electron chi connectivity index (χ0n) is 19.6. The monoisotopic (exact) mass is 488 g/mol. The van der Waals surface area contributed by atoms with Crippen LogP contribution < -0.4 is 32.7 Å². The van der Waals surface area contributed by atoms with Gasteiger partial charge in [-0.2, -0.15) is 0 Å². The smallest absolute Gasteiger partial charge is 0.325 e. The van der Waals surface area contributed by atoms with Gasteiger partial charge in [0.05, 0.1) is 6.04 Å². The molecule has 0 spiro atoms. The second-order valence-corrected chi connectivity index (χ2v) is 7.93. The van der Waals surface area contributed by atoms with Crippen LogP contribution in [-0.4, -0.2) is 82.5 Å². The molecule has 0 aromatic heterocycles. The minimum Gasteiger partial charge on any atom is -0.481 e. The Morgan fingerprint density at radius 1 is 0.706 bits per heavy atom. The van der Waals surface area contributed by atoms with E-state index in [2.05, 4.69) is 21.3 Å². The number of amides is 4. The van der Waals surface area contributed by atoms with Crippen LogP contribution in [0.1, 0.15) is 52.9 Å². The highest BCUT2D eigenvalue weighted by atomic mass is 16.4. The fourth-order valence-electron chi connectivity index (χ4n) is 2.65. The topological polar surface area (TPSA) is 243 Å². The van der Waals surface area contributed by atoms with Crippen LogP contribution in [-0.2, 0) is 28.8 Å². The van der Waals surface area contributed by atoms with Gasteiger partial charge in [-0.3, -0.25) is 28.8 Å². The van der Waals surface area contributed by atoms with Crippen molar-refractivity contribution in [2.45, 2.75) is 83.1 Å². The summed E-state index contributed by atoms with van der Waals surface area (Å²) in [5.74, 6) is -5.35. The molecule has 5 atom stereocenters. The fourth-order valence-corrected chi connectivity index (χ4v) is 2.65. The standard InChI is InChI=1S/C20H36N6O8/c1-10(22)16(29)25-14(7-8-15(27)28)19(32)26-13(6-4-5-9-21)18(31)23-11(2)17(30)24-12(3)20(33)34/h10-14H,4-9,21-22H2,1-3H3,(H,23,31)(H,24,30)(H,25,29)(H,26,32)(H,27,28)(H,33,34)/t10-,11+,12+,13-,14+/m0/s1. The zero-order chi connectivity index (χ0) is 26.4. The van der Waals surface area contributed by atoms with E-state index in [0.29, 0.717) is 19.4 Å². The van der Waals surface area contributed by atoms with Crippen LogP contribution in [0.4, 0.5) is 0 Å². The molecule has 0 aliphatic rings. The first-order valence-electron chi connectivity index (χ1n) is 10.9. The van der Waals surface area contributed by atoms with E-state index in [1.54, 1.807) is 0 Å². The van der Waals surface area contributed by atoms with Crippen LogP contribution in [0.25, 0.3) is 0 Å². The van der Waals surface area contributed by atoms with Crippen molar-refractivity contribution in [3.63, 3.8) is 0 Å². The Balaban J connectivity index is 5.40. The van der Waals surface area contributed by atoms with Crippen molar-refractivity contribution in [1.82, 2.24) is 21.3 Å². The number of aliphatic carboxylic acids is 2. The van der Waals surface area contributed by atoms with E-state index in [1.807, 2.05) is 0 Å². The third-order valence-corrected chi connectivity index (χ3v) is 4.75. The Morgan fingerprint density at radius 3 is 1.71 bits per heavy atom. The summed E-state index contributed by atoms with van der Waals surface area (Å²) >= 11 is 0. The molecular weight excluding hydrogens is 452 g/mol. The summed E-state index contributed by atoms with van der Waals surface area (Å²) in [7, 11) is 0. The van der Waals surface area contributed by atoms with Gasteiger partial charge < -0.3 is 42.9 Å². The zero-order valence-corrected chi connectivity index (χ0v) is 19.6. The van der Waals surface area contributed by atoms with Gasteiger partial charge in [0, 0.05) is 6.42 Å². The van der Waals surface area contributed by atoms with Gasteiger partial charge in [0.25, 0.3) is 0 Å². The second kappa shape index (κ2) is 15.6. The maximum atomic E-state index is 12.8. The number of unbranched alkanes of at least 4 members (excludes halogenated alkanes) is 1. The summed E-state index contributed by atoms with van der Waals surface area (Å²) in [6.07, 6.45) is 0.512. The van der Waals surface area contributed by atoms with Crippen molar-refractivity contribution in [1.29, 1.82) is 0 Å². The van der Waals surface area contributed by atoms with Gasteiger partial charge in [0.2, 0.25) is 23.6 Å². The Hall–Kier alpha value is -3.26. The van der Waals surface area contributed by atoms with Crippen molar-refractivity contribution < 1.29 is 39.0 Å². The highest BCUT2D eigenvalue weighted by Crippen LogP contribution is 2.05. The van der Waals surface area contributed by atoms with E-state index in [1.165, 1.54) is 20.8 Å². The molecule has 0 unspecified atom stereocenters. The molecule has 0 aliphatic carbocycles. The van der Waals surface area contributed by atoms with E-state index < -0.39 is 72.2 Å². The molecule has 0 aliphatic heterocycles. The molecule has 0 aromatic carbocycles. The van der Waals surface area contributed by atoms with E-state index in [-0.39, 0.29) is 12.8 Å². The van der Waals surface area contributed by atoms with E-state index in [4.69, 9.17) is 21.7 Å². The number of hydrogen-bond acceptors (Lipinski definition) is 8. The average Bonchev–Trinajstić information content (AvgIpc) is 2.74. The summed E-state index contributed by atoms with van der Waals surface area (Å²) < 4.78 is 0. The molecule has 0 heterocycles. The summed E-state index contributed by atoms with van der Waals surface area (Å²) in [4.78, 5) is 71.5. The number of nitrogens with one attached hydrogen (secondary N) is 4. The van der Waals surface area contributed by atoms with Gasteiger partial charge in [-0.05, 0) is 53.0 Å². The lowest BCUT2D eigenvalue weighted by molar-refractivity contribution is -0.141. The van der Waals surface area contributed by atoms with Crippen molar-refractivity contribution in [2.24, 2.45) is 11.5 Å². The largest absolute Gasteiger partial charge is 0.481 e. The van der Waals surface area contributed by atoms with Gasteiger partial charge in [0.1, 0.15) is 24.2 Å². The van der Waals surface area contributed by atoms with Crippen LogP contribution in [0, 0.1) is 0 Å². The molecular formula is C20H36N6O8. The molecule has 0 fully saturated rings. The van der Waals surface area contributed by atoms with E-state index in [9.17, 15) is 28.8 Å². The first-order valence-corrected chi connectivity index (χ1v) is 10.9. The summed E-state index contributed by atoms with van der Waals surface area (Å²) in [5, 5.41) is 27.3. The quantitative estimate of drug-likeness (QED) is 0.105. The fraction of sp³-hybridized carbons (Fsp3) is 0.700. The predicted octanol–water partition coefficient (Wildman–Crippen LogP) is -2.61. The lowest BCUT2D eigenvalue weighted by Gasteiger charge is -2.25. The first-order chi connectivity index (χ1) is 15.8. The number of hydrogen-bond donors (Lipinski definition) is 8. The van der Waals surface area contributed by atoms with Gasteiger partial charge >= 0.3 is 11.9 Å². The van der Waals surface area contributed by atoms with Crippen LogP contribution in [0.2, 0.25) is 0 Å². The molecule has 14 nitrogen and oxygen atoms in total. The third kappa shape index (κ3) is 12.1.